The van der Waals surface area contributed by atoms with Gasteiger partial charge in [-0.3, -0.25) is 0 Å². The molecule has 0 aliphatic carbocycles. The van der Waals surface area contributed by atoms with Crippen LogP contribution in [-0.2, 0) is 13.0 Å². The van der Waals surface area contributed by atoms with E-state index >= 15 is 0 Å². The molecule has 90 valence electrons. The van der Waals surface area contributed by atoms with Gasteiger partial charge in [0.25, 0.3) is 0 Å². The second-order valence-corrected chi connectivity index (χ2v) is 4.57. The molecule has 1 aromatic rings. The molecule has 2 N–H and O–H groups in total. The Labute approximate surface area is 96.8 Å². The summed E-state index contributed by atoms with van der Waals surface area (Å²) in [5, 5.41) is 3.92. The van der Waals surface area contributed by atoms with Crippen LogP contribution in [0.1, 0.15) is 31.2 Å². The van der Waals surface area contributed by atoms with Crippen LogP contribution in [-0.4, -0.2) is 29.7 Å². The van der Waals surface area contributed by atoms with Crippen LogP contribution in [0.3, 0.4) is 0 Å². The van der Waals surface area contributed by atoms with Crippen molar-refractivity contribution < 1.29 is 4.52 Å². The maximum absolute atomic E-state index is 5.50. The van der Waals surface area contributed by atoms with Crippen LogP contribution >= 0.6 is 0 Å². The van der Waals surface area contributed by atoms with Gasteiger partial charge in [-0.1, -0.05) is 12.1 Å². The molecule has 1 aliphatic heterocycles. The van der Waals surface area contributed by atoms with Crippen LogP contribution in [0.15, 0.2) is 10.6 Å². The zero-order chi connectivity index (χ0) is 11.4. The first-order valence-corrected chi connectivity index (χ1v) is 6.18. The SMILES string of the molecule is CCN1CCC(Cc2cc(CN)no2)CC1. The lowest BCUT2D eigenvalue weighted by atomic mass is 9.92. The quantitative estimate of drug-likeness (QED) is 0.838. The summed E-state index contributed by atoms with van der Waals surface area (Å²) in [6.07, 6.45) is 3.56. The lowest BCUT2D eigenvalue weighted by molar-refractivity contribution is 0.186. The van der Waals surface area contributed by atoms with Crippen molar-refractivity contribution in [3.8, 4) is 0 Å². The number of nitrogens with two attached hydrogens (primary N) is 1. The third kappa shape index (κ3) is 2.83. The minimum Gasteiger partial charge on any atom is -0.361 e. The summed E-state index contributed by atoms with van der Waals surface area (Å²) in [5.74, 6) is 1.75. The van der Waals surface area contributed by atoms with Gasteiger partial charge < -0.3 is 15.2 Å². The number of rotatable bonds is 4. The summed E-state index contributed by atoms with van der Waals surface area (Å²) in [7, 11) is 0. The van der Waals surface area contributed by atoms with Gasteiger partial charge in [0, 0.05) is 19.0 Å². The highest BCUT2D eigenvalue weighted by molar-refractivity contribution is 5.05. The molecule has 1 aromatic heterocycles. The molecule has 0 unspecified atom stereocenters. The fourth-order valence-corrected chi connectivity index (χ4v) is 2.34. The number of hydrogen-bond donors (Lipinski definition) is 1. The van der Waals surface area contributed by atoms with Gasteiger partial charge >= 0.3 is 0 Å². The molecule has 4 nitrogen and oxygen atoms in total. The monoisotopic (exact) mass is 223 g/mol. The van der Waals surface area contributed by atoms with Crippen molar-refractivity contribution in [2.45, 2.75) is 32.7 Å². The van der Waals surface area contributed by atoms with Crippen LogP contribution in [0.2, 0.25) is 0 Å². The Kier molecular flexibility index (Phi) is 3.96. The maximum Gasteiger partial charge on any atom is 0.137 e. The zero-order valence-corrected chi connectivity index (χ0v) is 9.98. The van der Waals surface area contributed by atoms with E-state index in [1.165, 1.54) is 32.5 Å². The van der Waals surface area contributed by atoms with Crippen molar-refractivity contribution >= 4 is 0 Å². The number of hydrogen-bond acceptors (Lipinski definition) is 4. The van der Waals surface area contributed by atoms with Gasteiger partial charge in [0.15, 0.2) is 0 Å². The van der Waals surface area contributed by atoms with Crippen LogP contribution in [0, 0.1) is 5.92 Å². The van der Waals surface area contributed by atoms with Crippen molar-refractivity contribution in [3.05, 3.63) is 17.5 Å². The molecule has 0 aromatic carbocycles. The third-order valence-electron chi connectivity index (χ3n) is 3.46. The molecule has 2 heterocycles. The maximum atomic E-state index is 5.50. The van der Waals surface area contributed by atoms with E-state index in [4.69, 9.17) is 10.3 Å². The lowest BCUT2D eigenvalue weighted by Crippen LogP contribution is -2.33. The summed E-state index contributed by atoms with van der Waals surface area (Å²) >= 11 is 0. The minimum absolute atomic E-state index is 0.470. The summed E-state index contributed by atoms with van der Waals surface area (Å²) in [6, 6.07) is 1.99. The number of likely N-dealkylation sites (tertiary alicyclic amines) is 1. The van der Waals surface area contributed by atoms with E-state index in [1.807, 2.05) is 6.07 Å². The first-order chi connectivity index (χ1) is 7.81. The highest BCUT2D eigenvalue weighted by atomic mass is 16.5. The summed E-state index contributed by atoms with van der Waals surface area (Å²) in [5.41, 5.74) is 6.37. The molecule has 4 heteroatoms. The molecule has 2 rings (SSSR count). The highest BCUT2D eigenvalue weighted by Gasteiger charge is 2.19. The van der Waals surface area contributed by atoms with Crippen molar-refractivity contribution in [3.63, 3.8) is 0 Å². The molecule has 1 saturated heterocycles. The molecule has 1 aliphatic rings. The average Bonchev–Trinajstić information content (AvgIpc) is 2.78. The predicted octanol–water partition coefficient (Wildman–Crippen LogP) is 1.41. The van der Waals surface area contributed by atoms with E-state index in [9.17, 15) is 0 Å². The molecule has 0 amide bonds. The molecule has 0 saturated carbocycles. The van der Waals surface area contributed by atoms with Crippen molar-refractivity contribution in [2.75, 3.05) is 19.6 Å². The van der Waals surface area contributed by atoms with E-state index in [0.29, 0.717) is 6.54 Å². The Bertz CT molecular complexity index is 316. The van der Waals surface area contributed by atoms with Gasteiger partial charge in [0.1, 0.15) is 5.76 Å². The van der Waals surface area contributed by atoms with E-state index in [0.717, 1.165) is 23.8 Å². The molecule has 0 spiro atoms. The van der Waals surface area contributed by atoms with Crippen LogP contribution in [0.25, 0.3) is 0 Å². The molecule has 0 bridgehead atoms. The van der Waals surface area contributed by atoms with Crippen molar-refractivity contribution in [2.24, 2.45) is 11.7 Å². The summed E-state index contributed by atoms with van der Waals surface area (Å²) < 4.78 is 5.27. The lowest BCUT2D eigenvalue weighted by Gasteiger charge is -2.30. The van der Waals surface area contributed by atoms with E-state index in [-0.39, 0.29) is 0 Å². The molecular formula is C12H21N3O. The molecular weight excluding hydrogens is 202 g/mol. The largest absolute Gasteiger partial charge is 0.361 e. The normalized spacial score (nSPS) is 19.1. The first kappa shape index (κ1) is 11.6. The number of piperidine rings is 1. The predicted molar refractivity (Wildman–Crippen MR) is 62.9 cm³/mol. The number of nitrogens with zero attached hydrogens (tertiary/aromatic N) is 2. The Morgan fingerprint density at radius 3 is 2.81 bits per heavy atom. The van der Waals surface area contributed by atoms with Crippen LogP contribution in [0.5, 0.6) is 0 Å². The van der Waals surface area contributed by atoms with Gasteiger partial charge in [-0.25, -0.2) is 0 Å². The smallest absolute Gasteiger partial charge is 0.137 e. The Morgan fingerprint density at radius 1 is 1.50 bits per heavy atom. The zero-order valence-electron chi connectivity index (χ0n) is 9.98. The van der Waals surface area contributed by atoms with E-state index < -0.39 is 0 Å². The summed E-state index contributed by atoms with van der Waals surface area (Å²) in [4.78, 5) is 2.50. The Hall–Kier alpha value is -0.870. The van der Waals surface area contributed by atoms with Gasteiger partial charge in [0.2, 0.25) is 0 Å². The molecule has 1 fully saturated rings. The minimum atomic E-state index is 0.470. The average molecular weight is 223 g/mol. The molecule has 0 radical (unpaired) electrons. The fraction of sp³-hybridized carbons (Fsp3) is 0.750. The highest BCUT2D eigenvalue weighted by Crippen LogP contribution is 2.21. The fourth-order valence-electron chi connectivity index (χ4n) is 2.34. The second kappa shape index (κ2) is 5.46. The van der Waals surface area contributed by atoms with Gasteiger partial charge in [-0.2, -0.15) is 0 Å². The van der Waals surface area contributed by atoms with Crippen LogP contribution in [0.4, 0.5) is 0 Å². The Balaban J connectivity index is 1.82. The topological polar surface area (TPSA) is 55.3 Å². The van der Waals surface area contributed by atoms with E-state index in [2.05, 4.69) is 17.0 Å². The molecule has 16 heavy (non-hydrogen) atoms. The third-order valence-corrected chi connectivity index (χ3v) is 3.46. The molecule has 0 atom stereocenters. The Morgan fingerprint density at radius 2 is 2.25 bits per heavy atom. The van der Waals surface area contributed by atoms with Crippen LogP contribution < -0.4 is 5.73 Å². The van der Waals surface area contributed by atoms with Gasteiger partial charge in [0.05, 0.1) is 5.69 Å². The van der Waals surface area contributed by atoms with Crippen molar-refractivity contribution in [1.82, 2.24) is 10.1 Å². The first-order valence-electron chi connectivity index (χ1n) is 6.18. The van der Waals surface area contributed by atoms with Gasteiger partial charge in [-0.05, 0) is 38.4 Å². The van der Waals surface area contributed by atoms with Crippen molar-refractivity contribution in [1.29, 1.82) is 0 Å². The standard InChI is InChI=1S/C12H21N3O/c1-2-15-5-3-10(4-6-15)7-12-8-11(9-13)14-16-12/h8,10H,2-7,9,13H2,1H3. The number of aromatic nitrogens is 1. The summed E-state index contributed by atoms with van der Waals surface area (Å²) in [6.45, 7) is 6.31. The van der Waals surface area contributed by atoms with E-state index in [1.54, 1.807) is 0 Å². The second-order valence-electron chi connectivity index (χ2n) is 4.57. The van der Waals surface area contributed by atoms with Gasteiger partial charge in [-0.15, -0.1) is 0 Å².